The van der Waals surface area contributed by atoms with Gasteiger partial charge in [-0.15, -0.1) is 10.2 Å². The van der Waals surface area contributed by atoms with E-state index in [1.807, 2.05) is 30.3 Å². The molecule has 4 rings (SSSR count). The maximum absolute atomic E-state index is 12.8. The van der Waals surface area contributed by atoms with Gasteiger partial charge in [0, 0.05) is 17.4 Å². The van der Waals surface area contributed by atoms with Gasteiger partial charge in [-0.1, -0.05) is 44.2 Å². The first-order valence-corrected chi connectivity index (χ1v) is 11.1. The lowest BCUT2D eigenvalue weighted by atomic mass is 10.0. The molecule has 35 heavy (non-hydrogen) atoms. The molecule has 4 aromatic rings. The van der Waals surface area contributed by atoms with Crippen molar-refractivity contribution in [1.29, 1.82) is 0 Å². The zero-order valence-corrected chi connectivity index (χ0v) is 19.3. The Bertz CT molecular complexity index is 1360. The van der Waals surface area contributed by atoms with Crippen molar-refractivity contribution in [3.63, 3.8) is 0 Å². The maximum atomic E-state index is 12.8. The minimum Gasteiger partial charge on any atom is -0.480 e. The number of hydrogen-bond donors (Lipinski definition) is 3. The Hall–Kier alpha value is -4.53. The summed E-state index contributed by atoms with van der Waals surface area (Å²) in [5, 5.41) is 23.2. The molecule has 0 saturated heterocycles. The summed E-state index contributed by atoms with van der Waals surface area (Å²) >= 11 is 0. The summed E-state index contributed by atoms with van der Waals surface area (Å²) in [6, 6.07) is 18.9. The molecular weight excluding hydrogens is 446 g/mol. The first-order chi connectivity index (χ1) is 16.8. The van der Waals surface area contributed by atoms with Crippen LogP contribution in [0.15, 0.2) is 72.9 Å². The van der Waals surface area contributed by atoms with Crippen molar-refractivity contribution < 1.29 is 19.5 Å². The average molecular weight is 472 g/mol. The molecule has 0 spiro atoms. The van der Waals surface area contributed by atoms with E-state index in [0.717, 1.165) is 11.1 Å². The number of rotatable bonds is 8. The summed E-state index contributed by atoms with van der Waals surface area (Å²) in [5.74, 6) is -1.52. The molecule has 0 aliphatic heterocycles. The Labute approximate surface area is 201 Å². The van der Waals surface area contributed by atoms with Gasteiger partial charge in [-0.05, 0) is 47.9 Å². The Kier molecular flexibility index (Phi) is 6.86. The van der Waals surface area contributed by atoms with Gasteiger partial charge in [0.05, 0.1) is 12.0 Å². The largest absolute Gasteiger partial charge is 0.480 e. The predicted octanol–water partition coefficient (Wildman–Crippen LogP) is 3.42. The fourth-order valence-electron chi connectivity index (χ4n) is 3.71. The number of carbonyl (C=O) groups excluding carboxylic acids is 2. The molecule has 0 fully saturated rings. The summed E-state index contributed by atoms with van der Waals surface area (Å²) in [6.45, 7) is 3.45. The quantitative estimate of drug-likeness (QED) is 0.362. The third kappa shape index (κ3) is 5.35. The van der Waals surface area contributed by atoms with Crippen molar-refractivity contribution in [3.8, 4) is 11.4 Å². The number of pyridine rings is 1. The zero-order chi connectivity index (χ0) is 24.9. The van der Waals surface area contributed by atoms with E-state index in [1.165, 1.54) is 0 Å². The number of aliphatic carboxylic acids is 1. The SMILES string of the molecule is CC(C)C(NC(=O)c1cccn2c(-c3ccc(NC(=O)Cc4ccccc4)cc3)nnc12)C(=O)O. The molecule has 2 aromatic heterocycles. The lowest BCUT2D eigenvalue weighted by Gasteiger charge is -2.17. The highest BCUT2D eigenvalue weighted by molar-refractivity contribution is 6.01. The van der Waals surface area contributed by atoms with Crippen molar-refractivity contribution >= 4 is 29.1 Å². The molecule has 0 bridgehead atoms. The Morgan fingerprint density at radius 3 is 2.31 bits per heavy atom. The maximum Gasteiger partial charge on any atom is 0.326 e. The molecule has 9 heteroatoms. The van der Waals surface area contributed by atoms with Gasteiger partial charge in [-0.2, -0.15) is 0 Å². The lowest BCUT2D eigenvalue weighted by molar-refractivity contribution is -0.140. The molecule has 0 saturated carbocycles. The molecule has 2 heterocycles. The van der Waals surface area contributed by atoms with Crippen LogP contribution in [0.1, 0.15) is 29.8 Å². The van der Waals surface area contributed by atoms with Crippen LogP contribution >= 0.6 is 0 Å². The normalized spacial score (nSPS) is 11.9. The molecule has 2 aromatic carbocycles. The van der Waals surface area contributed by atoms with Crippen LogP contribution in [0.2, 0.25) is 0 Å². The smallest absolute Gasteiger partial charge is 0.326 e. The van der Waals surface area contributed by atoms with Crippen molar-refractivity contribution in [1.82, 2.24) is 19.9 Å². The highest BCUT2D eigenvalue weighted by Gasteiger charge is 2.25. The Morgan fingerprint density at radius 2 is 1.66 bits per heavy atom. The number of amides is 2. The number of carbonyl (C=O) groups is 3. The van der Waals surface area contributed by atoms with Gasteiger partial charge < -0.3 is 15.7 Å². The summed E-state index contributed by atoms with van der Waals surface area (Å²) in [4.78, 5) is 36.6. The van der Waals surface area contributed by atoms with Crippen LogP contribution in [0.4, 0.5) is 5.69 Å². The molecule has 3 N–H and O–H groups in total. The topological polar surface area (TPSA) is 126 Å². The van der Waals surface area contributed by atoms with E-state index in [0.29, 0.717) is 17.2 Å². The van der Waals surface area contributed by atoms with E-state index in [-0.39, 0.29) is 23.8 Å². The van der Waals surface area contributed by atoms with Gasteiger partial charge in [0.15, 0.2) is 11.5 Å². The lowest BCUT2D eigenvalue weighted by Crippen LogP contribution is -2.44. The number of benzene rings is 2. The minimum absolute atomic E-state index is 0.117. The summed E-state index contributed by atoms with van der Waals surface area (Å²) in [5.41, 5.74) is 2.86. The molecule has 2 amide bonds. The Morgan fingerprint density at radius 1 is 0.943 bits per heavy atom. The second kappa shape index (κ2) is 10.2. The number of hydrogen-bond acceptors (Lipinski definition) is 5. The van der Waals surface area contributed by atoms with Crippen molar-refractivity contribution in [2.45, 2.75) is 26.3 Å². The van der Waals surface area contributed by atoms with E-state index >= 15 is 0 Å². The molecule has 0 aliphatic rings. The third-order valence-electron chi connectivity index (χ3n) is 5.53. The van der Waals surface area contributed by atoms with E-state index in [1.54, 1.807) is 60.8 Å². The van der Waals surface area contributed by atoms with Crippen LogP contribution in [0.25, 0.3) is 17.0 Å². The van der Waals surface area contributed by atoms with Gasteiger partial charge in [0.1, 0.15) is 6.04 Å². The number of carboxylic acid groups (broad SMARTS) is 1. The van der Waals surface area contributed by atoms with Crippen LogP contribution in [0, 0.1) is 5.92 Å². The number of nitrogens with zero attached hydrogens (tertiary/aromatic N) is 3. The van der Waals surface area contributed by atoms with Gasteiger partial charge in [-0.3, -0.25) is 14.0 Å². The van der Waals surface area contributed by atoms with Crippen LogP contribution < -0.4 is 10.6 Å². The standard InChI is InChI=1S/C26H25N5O4/c1-16(2)22(26(34)35)28-25(33)20-9-6-14-31-23(29-30-24(20)31)18-10-12-19(13-11-18)27-21(32)15-17-7-4-3-5-8-17/h3-14,16,22H,15H2,1-2H3,(H,27,32)(H,28,33)(H,34,35). The van der Waals surface area contributed by atoms with Crippen LogP contribution in [0.5, 0.6) is 0 Å². The predicted molar refractivity (Wildman–Crippen MR) is 131 cm³/mol. The second-order valence-electron chi connectivity index (χ2n) is 8.46. The van der Waals surface area contributed by atoms with E-state index in [4.69, 9.17) is 0 Å². The number of carboxylic acids is 1. The Balaban J connectivity index is 1.52. The second-order valence-corrected chi connectivity index (χ2v) is 8.46. The zero-order valence-electron chi connectivity index (χ0n) is 19.3. The van der Waals surface area contributed by atoms with Crippen LogP contribution in [-0.2, 0) is 16.0 Å². The molecule has 0 aliphatic carbocycles. The monoisotopic (exact) mass is 471 g/mol. The first-order valence-electron chi connectivity index (χ1n) is 11.1. The molecule has 1 unspecified atom stereocenters. The van der Waals surface area contributed by atoms with E-state index in [2.05, 4.69) is 20.8 Å². The van der Waals surface area contributed by atoms with Crippen molar-refractivity contribution in [3.05, 3.63) is 84.1 Å². The number of fused-ring (bicyclic) bond motifs is 1. The third-order valence-corrected chi connectivity index (χ3v) is 5.53. The average Bonchev–Trinajstić information content (AvgIpc) is 3.27. The fourth-order valence-corrected chi connectivity index (χ4v) is 3.71. The van der Waals surface area contributed by atoms with E-state index < -0.39 is 17.9 Å². The van der Waals surface area contributed by atoms with Gasteiger partial charge in [0.25, 0.3) is 5.91 Å². The number of aromatic nitrogens is 3. The van der Waals surface area contributed by atoms with Gasteiger partial charge in [0.2, 0.25) is 5.91 Å². The summed E-state index contributed by atoms with van der Waals surface area (Å²) in [6.07, 6.45) is 2.01. The van der Waals surface area contributed by atoms with Crippen LogP contribution in [0.3, 0.4) is 0 Å². The molecule has 9 nitrogen and oxygen atoms in total. The highest BCUT2D eigenvalue weighted by Crippen LogP contribution is 2.22. The van der Waals surface area contributed by atoms with Crippen LogP contribution in [-0.4, -0.2) is 43.5 Å². The summed E-state index contributed by atoms with van der Waals surface area (Å²) in [7, 11) is 0. The number of anilines is 1. The molecule has 1 atom stereocenters. The first kappa shape index (κ1) is 23.6. The number of nitrogens with one attached hydrogen (secondary N) is 2. The van der Waals surface area contributed by atoms with Gasteiger partial charge >= 0.3 is 5.97 Å². The highest BCUT2D eigenvalue weighted by atomic mass is 16.4. The van der Waals surface area contributed by atoms with E-state index in [9.17, 15) is 19.5 Å². The van der Waals surface area contributed by atoms with Gasteiger partial charge in [-0.25, -0.2) is 4.79 Å². The molecule has 0 radical (unpaired) electrons. The van der Waals surface area contributed by atoms with Crippen molar-refractivity contribution in [2.75, 3.05) is 5.32 Å². The summed E-state index contributed by atoms with van der Waals surface area (Å²) < 4.78 is 1.67. The minimum atomic E-state index is -1.10. The van der Waals surface area contributed by atoms with Crippen molar-refractivity contribution in [2.24, 2.45) is 5.92 Å². The fraction of sp³-hybridized carbons (Fsp3) is 0.192. The molecule has 178 valence electrons. The molecular formula is C26H25N5O4.